The van der Waals surface area contributed by atoms with Crippen molar-refractivity contribution < 1.29 is 4.79 Å². The number of hydrogen-bond acceptors (Lipinski definition) is 2. The lowest BCUT2D eigenvalue weighted by Crippen LogP contribution is -2.28. The normalized spacial score (nSPS) is 15.6. The van der Waals surface area contributed by atoms with Gasteiger partial charge < -0.3 is 5.32 Å². The van der Waals surface area contributed by atoms with Crippen LogP contribution in [0, 0.1) is 0 Å². The number of nitrogens with zero attached hydrogens (tertiary/aromatic N) is 2. The summed E-state index contributed by atoms with van der Waals surface area (Å²) < 4.78 is 2.46. The Hall–Kier alpha value is -0.840. The van der Waals surface area contributed by atoms with Gasteiger partial charge in [-0.3, -0.25) is 9.48 Å². The van der Waals surface area contributed by atoms with Gasteiger partial charge in [-0.15, -0.1) is 0 Å². The number of aryl methyl sites for hydroxylation is 1. The first-order chi connectivity index (χ1) is 6.72. The Bertz CT molecular complexity index is 357. The molecule has 5 heteroatoms. The molecule has 0 unspecified atom stereocenters. The van der Waals surface area contributed by atoms with E-state index in [1.54, 1.807) is 10.9 Å². The first-order valence-electron chi connectivity index (χ1n) is 4.74. The summed E-state index contributed by atoms with van der Waals surface area (Å²) in [5.74, 6) is -0.0290. The Kier molecular flexibility index (Phi) is 2.58. The molecule has 1 aliphatic rings. The second-order valence-corrected chi connectivity index (χ2v) is 4.26. The van der Waals surface area contributed by atoms with Crippen LogP contribution in [-0.2, 0) is 6.54 Å². The minimum atomic E-state index is -0.0290. The molecule has 0 saturated heterocycles. The van der Waals surface area contributed by atoms with Crippen molar-refractivity contribution in [1.29, 1.82) is 0 Å². The summed E-state index contributed by atoms with van der Waals surface area (Å²) in [5, 5.41) is 7.03. The Balaban J connectivity index is 2.19. The number of carbonyl (C=O) groups is 1. The molecule has 2 rings (SSSR count). The molecule has 1 aromatic rings. The summed E-state index contributed by atoms with van der Waals surface area (Å²) in [7, 11) is 0. The van der Waals surface area contributed by atoms with Crippen molar-refractivity contribution in [2.75, 3.05) is 0 Å². The molecule has 1 aliphatic carbocycles. The summed E-state index contributed by atoms with van der Waals surface area (Å²) in [6, 6.07) is 0.384. The second-order valence-electron chi connectivity index (χ2n) is 3.40. The highest BCUT2D eigenvalue weighted by Crippen LogP contribution is 2.21. The van der Waals surface area contributed by atoms with Gasteiger partial charge in [0.15, 0.2) is 0 Å². The number of halogens is 1. The van der Waals surface area contributed by atoms with Crippen molar-refractivity contribution in [3.8, 4) is 0 Å². The van der Waals surface area contributed by atoms with Gasteiger partial charge in [0, 0.05) is 12.6 Å². The van der Waals surface area contributed by atoms with Gasteiger partial charge in [0.1, 0.15) is 5.69 Å². The third-order valence-electron chi connectivity index (χ3n) is 2.22. The second kappa shape index (κ2) is 3.73. The van der Waals surface area contributed by atoms with E-state index in [-0.39, 0.29) is 5.91 Å². The third-order valence-corrected chi connectivity index (χ3v) is 2.80. The minimum absolute atomic E-state index is 0.0290. The Morgan fingerprint density at radius 2 is 2.50 bits per heavy atom. The number of hydrogen-bond donors (Lipinski definition) is 1. The third kappa shape index (κ3) is 1.82. The molecular formula is C9H12BrN3O. The summed E-state index contributed by atoms with van der Waals surface area (Å²) >= 11 is 3.32. The number of carbonyl (C=O) groups excluding carboxylic acids is 1. The summed E-state index contributed by atoms with van der Waals surface area (Å²) in [4.78, 5) is 11.8. The number of aromatic nitrogens is 2. The number of rotatable bonds is 3. The predicted octanol–water partition coefficient (Wildman–Crippen LogP) is 1.56. The Morgan fingerprint density at radius 3 is 3.07 bits per heavy atom. The largest absolute Gasteiger partial charge is 0.348 e. The molecule has 1 N–H and O–H groups in total. The molecule has 0 bridgehead atoms. The van der Waals surface area contributed by atoms with Crippen LogP contribution in [-0.4, -0.2) is 21.7 Å². The lowest BCUT2D eigenvalue weighted by molar-refractivity contribution is 0.0939. The van der Waals surface area contributed by atoms with E-state index in [4.69, 9.17) is 0 Å². The van der Waals surface area contributed by atoms with Crippen LogP contribution in [0.4, 0.5) is 0 Å². The van der Waals surface area contributed by atoms with E-state index in [0.717, 1.165) is 17.3 Å². The molecule has 0 radical (unpaired) electrons. The molecule has 4 nitrogen and oxygen atoms in total. The lowest BCUT2D eigenvalue weighted by Gasteiger charge is -2.05. The molecule has 76 valence electrons. The van der Waals surface area contributed by atoms with Crippen LogP contribution in [0.25, 0.3) is 0 Å². The maximum absolute atomic E-state index is 11.8. The highest BCUT2D eigenvalue weighted by molar-refractivity contribution is 9.10. The topological polar surface area (TPSA) is 46.9 Å². The minimum Gasteiger partial charge on any atom is -0.348 e. The van der Waals surface area contributed by atoms with Crippen LogP contribution >= 0.6 is 15.9 Å². The number of nitrogens with one attached hydrogen (secondary N) is 1. The molecule has 1 aromatic heterocycles. The SMILES string of the molecule is CCn1ncc(Br)c1C(=O)NC1CC1. The van der Waals surface area contributed by atoms with Crippen LogP contribution < -0.4 is 5.32 Å². The van der Waals surface area contributed by atoms with Gasteiger partial charge in [-0.1, -0.05) is 0 Å². The first-order valence-corrected chi connectivity index (χ1v) is 5.54. The zero-order valence-electron chi connectivity index (χ0n) is 7.96. The quantitative estimate of drug-likeness (QED) is 0.894. The van der Waals surface area contributed by atoms with E-state index in [9.17, 15) is 4.79 Å². The predicted molar refractivity (Wildman–Crippen MR) is 56.1 cm³/mol. The van der Waals surface area contributed by atoms with Crippen LogP contribution in [0.2, 0.25) is 0 Å². The van der Waals surface area contributed by atoms with Gasteiger partial charge in [0.25, 0.3) is 5.91 Å². The van der Waals surface area contributed by atoms with E-state index in [1.807, 2.05) is 6.92 Å². The van der Waals surface area contributed by atoms with E-state index >= 15 is 0 Å². The fourth-order valence-corrected chi connectivity index (χ4v) is 1.79. The molecule has 0 spiro atoms. The fourth-order valence-electron chi connectivity index (χ4n) is 1.31. The Morgan fingerprint density at radius 1 is 1.79 bits per heavy atom. The van der Waals surface area contributed by atoms with Crippen LogP contribution in [0.15, 0.2) is 10.7 Å². The van der Waals surface area contributed by atoms with Gasteiger partial charge in [-0.25, -0.2) is 0 Å². The van der Waals surface area contributed by atoms with Crippen molar-refractivity contribution in [2.45, 2.75) is 32.4 Å². The van der Waals surface area contributed by atoms with Gasteiger partial charge in [-0.05, 0) is 35.7 Å². The average Bonchev–Trinajstić information content (AvgIpc) is 2.87. The maximum Gasteiger partial charge on any atom is 0.270 e. The van der Waals surface area contributed by atoms with Crippen LogP contribution in [0.3, 0.4) is 0 Å². The summed E-state index contributed by atoms with van der Waals surface area (Å²) in [5.41, 5.74) is 0.624. The first kappa shape index (κ1) is 9.71. The maximum atomic E-state index is 11.8. The average molecular weight is 258 g/mol. The molecule has 0 aliphatic heterocycles. The van der Waals surface area contributed by atoms with Gasteiger partial charge >= 0.3 is 0 Å². The van der Waals surface area contributed by atoms with Gasteiger partial charge in [0.05, 0.1) is 10.7 Å². The summed E-state index contributed by atoms with van der Waals surface area (Å²) in [6.45, 7) is 2.67. The van der Waals surface area contributed by atoms with Gasteiger partial charge in [-0.2, -0.15) is 5.10 Å². The van der Waals surface area contributed by atoms with Crippen LogP contribution in [0.5, 0.6) is 0 Å². The molecule has 1 heterocycles. The van der Waals surface area contributed by atoms with Crippen molar-refractivity contribution in [2.24, 2.45) is 0 Å². The number of amides is 1. The van der Waals surface area contributed by atoms with E-state index in [1.165, 1.54) is 0 Å². The fraction of sp³-hybridized carbons (Fsp3) is 0.556. The van der Waals surface area contributed by atoms with Crippen LogP contribution in [0.1, 0.15) is 30.3 Å². The van der Waals surface area contributed by atoms with Crippen molar-refractivity contribution in [3.63, 3.8) is 0 Å². The smallest absolute Gasteiger partial charge is 0.270 e. The van der Waals surface area contributed by atoms with Crippen molar-refractivity contribution >= 4 is 21.8 Å². The monoisotopic (exact) mass is 257 g/mol. The molecule has 0 atom stereocenters. The molecule has 14 heavy (non-hydrogen) atoms. The lowest BCUT2D eigenvalue weighted by atomic mass is 10.4. The molecular weight excluding hydrogens is 246 g/mol. The molecule has 1 amide bonds. The summed E-state index contributed by atoms with van der Waals surface area (Å²) in [6.07, 6.45) is 3.86. The van der Waals surface area contributed by atoms with E-state index in [2.05, 4.69) is 26.3 Å². The highest BCUT2D eigenvalue weighted by Gasteiger charge is 2.26. The van der Waals surface area contributed by atoms with Crippen molar-refractivity contribution in [3.05, 3.63) is 16.4 Å². The zero-order chi connectivity index (χ0) is 10.1. The van der Waals surface area contributed by atoms with E-state index < -0.39 is 0 Å². The van der Waals surface area contributed by atoms with E-state index in [0.29, 0.717) is 18.3 Å². The molecule has 1 fully saturated rings. The standard InChI is InChI=1S/C9H12BrN3O/c1-2-13-8(7(10)5-11-13)9(14)12-6-3-4-6/h5-6H,2-4H2,1H3,(H,12,14). The van der Waals surface area contributed by atoms with Gasteiger partial charge in [0.2, 0.25) is 0 Å². The zero-order valence-corrected chi connectivity index (χ0v) is 9.54. The molecule has 1 saturated carbocycles. The Labute approximate surface area is 90.8 Å². The van der Waals surface area contributed by atoms with Crippen molar-refractivity contribution in [1.82, 2.24) is 15.1 Å². The molecule has 0 aromatic carbocycles. The highest BCUT2D eigenvalue weighted by atomic mass is 79.9.